The number of para-hydroxylation sites is 1. The van der Waals surface area contributed by atoms with Gasteiger partial charge in [0.25, 0.3) is 5.91 Å². The lowest BCUT2D eigenvalue weighted by Crippen LogP contribution is -2.56. The molecule has 162 valence electrons. The van der Waals surface area contributed by atoms with Crippen molar-refractivity contribution in [3.63, 3.8) is 0 Å². The summed E-state index contributed by atoms with van der Waals surface area (Å²) in [5, 5.41) is 11.9. The molecule has 0 saturated carbocycles. The largest absolute Gasteiger partial charge is 0.393 e. The number of H-pyrrole nitrogens is 1. The van der Waals surface area contributed by atoms with Crippen LogP contribution in [0.3, 0.4) is 0 Å². The molecule has 0 radical (unpaired) electrons. The van der Waals surface area contributed by atoms with E-state index in [2.05, 4.69) is 34.1 Å². The van der Waals surface area contributed by atoms with Gasteiger partial charge in [-0.2, -0.15) is 0 Å². The van der Waals surface area contributed by atoms with Gasteiger partial charge in [0, 0.05) is 54.3 Å². The first-order valence-corrected chi connectivity index (χ1v) is 11.3. The number of hydrogen-bond acceptors (Lipinski definition) is 3. The highest BCUT2D eigenvalue weighted by molar-refractivity contribution is 5.95. The van der Waals surface area contributed by atoms with Crippen molar-refractivity contribution in [3.8, 4) is 0 Å². The van der Waals surface area contributed by atoms with Crippen molar-refractivity contribution in [1.29, 1.82) is 0 Å². The second-order valence-corrected chi connectivity index (χ2v) is 9.26. The van der Waals surface area contributed by atoms with Crippen molar-refractivity contribution in [2.75, 3.05) is 20.1 Å². The van der Waals surface area contributed by atoms with E-state index in [0.717, 1.165) is 37.1 Å². The van der Waals surface area contributed by atoms with Gasteiger partial charge < -0.3 is 15.0 Å². The maximum absolute atomic E-state index is 13.4. The number of piperidine rings is 1. The zero-order chi connectivity index (χ0) is 21.7. The number of hydrogen-bond donors (Lipinski definition) is 2. The molecule has 4 atom stereocenters. The molecule has 2 aliphatic heterocycles. The van der Waals surface area contributed by atoms with Crippen LogP contribution in [0.25, 0.3) is 10.9 Å². The quantitative estimate of drug-likeness (QED) is 0.679. The monoisotopic (exact) mass is 417 g/mol. The number of nitrogens with one attached hydrogen (secondary N) is 1. The molecular weight excluding hydrogens is 386 g/mol. The number of aromatic amines is 1. The third-order valence-electron chi connectivity index (χ3n) is 7.49. The molecule has 0 bridgehead atoms. The number of carbonyl (C=O) groups excluding carboxylic acids is 1. The van der Waals surface area contributed by atoms with Crippen molar-refractivity contribution < 1.29 is 9.90 Å². The van der Waals surface area contributed by atoms with Crippen LogP contribution in [0.4, 0.5) is 0 Å². The zero-order valence-electron chi connectivity index (χ0n) is 18.5. The van der Waals surface area contributed by atoms with Crippen molar-refractivity contribution in [2.24, 2.45) is 5.92 Å². The number of amides is 1. The van der Waals surface area contributed by atoms with Gasteiger partial charge in [0.05, 0.1) is 12.1 Å². The molecule has 3 aromatic rings. The predicted molar refractivity (Wildman–Crippen MR) is 123 cm³/mol. The maximum Gasteiger partial charge on any atom is 0.254 e. The topological polar surface area (TPSA) is 59.6 Å². The fourth-order valence-electron chi connectivity index (χ4n) is 5.72. The minimum atomic E-state index is -0.470. The number of aliphatic hydroxyl groups excluding tert-OH is 1. The summed E-state index contributed by atoms with van der Waals surface area (Å²) in [6.45, 7) is 5.63. The van der Waals surface area contributed by atoms with Gasteiger partial charge in [-0.3, -0.25) is 9.69 Å². The Hall–Kier alpha value is -2.63. The van der Waals surface area contributed by atoms with E-state index < -0.39 is 6.10 Å². The van der Waals surface area contributed by atoms with Gasteiger partial charge in [-0.25, -0.2) is 0 Å². The molecule has 1 amide bonds. The first-order valence-electron chi connectivity index (χ1n) is 11.3. The van der Waals surface area contributed by atoms with Crippen LogP contribution in [0, 0.1) is 12.8 Å². The first-order chi connectivity index (χ1) is 15.0. The second-order valence-electron chi connectivity index (χ2n) is 9.26. The van der Waals surface area contributed by atoms with Crippen molar-refractivity contribution in [2.45, 2.75) is 44.9 Å². The summed E-state index contributed by atoms with van der Waals surface area (Å²) < 4.78 is 0. The van der Waals surface area contributed by atoms with Crippen molar-refractivity contribution >= 4 is 16.8 Å². The highest BCUT2D eigenvalue weighted by atomic mass is 16.3. The van der Waals surface area contributed by atoms with Crippen LogP contribution in [-0.2, 0) is 6.42 Å². The highest BCUT2D eigenvalue weighted by Gasteiger charge is 2.44. The predicted octanol–water partition coefficient (Wildman–Crippen LogP) is 3.92. The van der Waals surface area contributed by atoms with E-state index in [1.165, 1.54) is 22.2 Å². The van der Waals surface area contributed by atoms with Gasteiger partial charge in [-0.15, -0.1) is 0 Å². The molecule has 5 heteroatoms. The van der Waals surface area contributed by atoms with Crippen LogP contribution in [0.15, 0.2) is 48.5 Å². The summed E-state index contributed by atoms with van der Waals surface area (Å²) >= 11 is 0. The van der Waals surface area contributed by atoms with Gasteiger partial charge in [0.2, 0.25) is 0 Å². The Bertz CT molecular complexity index is 1120. The summed E-state index contributed by atoms with van der Waals surface area (Å²) in [6.07, 6.45) is 1.37. The summed E-state index contributed by atoms with van der Waals surface area (Å²) in [5.41, 5.74) is 5.62. The van der Waals surface area contributed by atoms with E-state index in [9.17, 15) is 9.90 Å². The van der Waals surface area contributed by atoms with Crippen molar-refractivity contribution in [3.05, 3.63) is 70.9 Å². The van der Waals surface area contributed by atoms with Gasteiger partial charge >= 0.3 is 0 Å². The molecule has 31 heavy (non-hydrogen) atoms. The normalized spacial score (nSPS) is 24.5. The van der Waals surface area contributed by atoms with Gasteiger partial charge in [0.15, 0.2) is 0 Å². The second kappa shape index (κ2) is 7.81. The Morgan fingerprint density at radius 3 is 2.71 bits per heavy atom. The Morgan fingerprint density at radius 1 is 1.19 bits per heavy atom. The molecule has 1 fully saturated rings. The zero-order valence-corrected chi connectivity index (χ0v) is 18.5. The molecule has 5 nitrogen and oxygen atoms in total. The lowest BCUT2D eigenvalue weighted by Gasteiger charge is -2.49. The molecule has 3 heterocycles. The fraction of sp³-hybridized carbons (Fsp3) is 0.423. The van der Waals surface area contributed by atoms with E-state index >= 15 is 0 Å². The fourth-order valence-corrected chi connectivity index (χ4v) is 5.72. The third kappa shape index (κ3) is 3.36. The molecule has 0 spiro atoms. The molecule has 1 aromatic heterocycles. The lowest BCUT2D eigenvalue weighted by molar-refractivity contribution is -0.0239. The number of aliphatic hydroxyl groups is 1. The first kappa shape index (κ1) is 20.3. The molecular formula is C26H31N3O2. The van der Waals surface area contributed by atoms with Crippen LogP contribution < -0.4 is 0 Å². The third-order valence-corrected chi connectivity index (χ3v) is 7.49. The molecule has 5 rings (SSSR count). The van der Waals surface area contributed by atoms with Crippen LogP contribution in [0.1, 0.15) is 46.6 Å². The standard InChI is InChI=1S/C26H31N3O2/c1-16-8-4-5-9-18(16)26(31)28(3)23-14-24-25-20(19-10-6-7-11-22(19)27-25)12-13-29(24)15-21(23)17(2)30/h4-11,17,21,23-24,27,30H,12-15H2,1-3H3/t17-,21?,23-,24-/m0/s1. The molecule has 2 aliphatic rings. The average molecular weight is 418 g/mol. The Kier molecular flexibility index (Phi) is 5.11. The average Bonchev–Trinajstić information content (AvgIpc) is 3.16. The van der Waals surface area contributed by atoms with Crippen LogP contribution in [0.5, 0.6) is 0 Å². The SMILES string of the molecule is Cc1ccccc1C(=O)N(C)[C@H]1C[C@H]2c3[nH]c4ccccc4c3CCN2CC1[C@H](C)O. The Morgan fingerprint density at radius 2 is 1.94 bits per heavy atom. The molecule has 2 aromatic carbocycles. The summed E-state index contributed by atoms with van der Waals surface area (Å²) in [6, 6.07) is 16.5. The number of aromatic nitrogens is 1. The smallest absolute Gasteiger partial charge is 0.254 e. The van der Waals surface area contributed by atoms with Crippen LogP contribution >= 0.6 is 0 Å². The summed E-state index contributed by atoms with van der Waals surface area (Å²) in [5.74, 6) is 0.0648. The van der Waals surface area contributed by atoms with Gasteiger partial charge in [-0.05, 0) is 49.9 Å². The molecule has 1 unspecified atom stereocenters. The van der Waals surface area contributed by atoms with E-state index in [0.29, 0.717) is 0 Å². The minimum absolute atomic E-state index is 0.0225. The van der Waals surface area contributed by atoms with Gasteiger partial charge in [0.1, 0.15) is 0 Å². The molecule has 2 N–H and O–H groups in total. The molecule has 1 saturated heterocycles. The number of carbonyl (C=O) groups is 1. The van der Waals surface area contributed by atoms with Crippen molar-refractivity contribution in [1.82, 2.24) is 14.8 Å². The van der Waals surface area contributed by atoms with E-state index in [4.69, 9.17) is 0 Å². The summed E-state index contributed by atoms with van der Waals surface area (Å²) in [7, 11) is 1.90. The van der Waals surface area contributed by atoms with E-state index in [1.54, 1.807) is 0 Å². The number of rotatable bonds is 3. The number of nitrogens with zero attached hydrogens (tertiary/aromatic N) is 2. The number of aryl methyl sites for hydroxylation is 1. The number of fused-ring (bicyclic) bond motifs is 5. The Balaban J connectivity index is 1.50. The van der Waals surface area contributed by atoms with Gasteiger partial charge in [-0.1, -0.05) is 36.4 Å². The highest BCUT2D eigenvalue weighted by Crippen LogP contribution is 2.42. The molecule has 0 aliphatic carbocycles. The lowest BCUT2D eigenvalue weighted by atomic mass is 9.79. The maximum atomic E-state index is 13.4. The van der Waals surface area contributed by atoms with Crippen LogP contribution in [-0.4, -0.2) is 58.1 Å². The summed E-state index contributed by atoms with van der Waals surface area (Å²) in [4.78, 5) is 21.5. The van der Waals surface area contributed by atoms with E-state index in [1.807, 2.05) is 50.1 Å². The van der Waals surface area contributed by atoms with Crippen LogP contribution in [0.2, 0.25) is 0 Å². The Labute approximate surface area is 183 Å². The number of benzene rings is 2. The van der Waals surface area contributed by atoms with E-state index in [-0.39, 0.29) is 23.9 Å². The minimum Gasteiger partial charge on any atom is -0.393 e.